The van der Waals surface area contributed by atoms with Gasteiger partial charge in [0.15, 0.2) is 5.82 Å². The van der Waals surface area contributed by atoms with Gasteiger partial charge in [-0.2, -0.15) is 13.2 Å². The van der Waals surface area contributed by atoms with Gasteiger partial charge in [0.05, 0.1) is 10.5 Å². The van der Waals surface area contributed by atoms with Gasteiger partial charge in [0.1, 0.15) is 0 Å². The Balaban J connectivity index is 3.00. The second-order valence-corrected chi connectivity index (χ2v) is 3.78. The first kappa shape index (κ1) is 13.1. The molecule has 0 aliphatic heterocycles. The predicted octanol–water partition coefficient (Wildman–Crippen LogP) is 3.80. The number of hydrogen-bond donors (Lipinski definition) is 1. The number of hydrogen-bond acceptors (Lipinski definition) is 2. The van der Waals surface area contributed by atoms with Gasteiger partial charge >= 0.3 is 11.5 Å². The van der Waals surface area contributed by atoms with E-state index in [0.29, 0.717) is 18.0 Å². The van der Waals surface area contributed by atoms with E-state index in [1.807, 2.05) is 4.72 Å². The molecule has 0 aromatic heterocycles. The number of rotatable bonds is 2. The van der Waals surface area contributed by atoms with Gasteiger partial charge in [-0.15, -0.1) is 0 Å². The average molecular weight is 274 g/mol. The summed E-state index contributed by atoms with van der Waals surface area (Å²) in [4.78, 5) is 9.94. The molecule has 0 radical (unpaired) electrons. The number of halogens is 5. The third kappa shape index (κ3) is 3.28. The number of alkyl halides is 3. The molecule has 1 N–H and O–H groups in total. The van der Waals surface area contributed by atoms with Gasteiger partial charge < -0.3 is 0 Å². The molecule has 8 heteroatoms. The van der Waals surface area contributed by atoms with Crippen LogP contribution < -0.4 is 4.72 Å². The minimum Gasteiger partial charge on any atom is -0.282 e. The van der Waals surface area contributed by atoms with Crippen LogP contribution in [0.25, 0.3) is 0 Å². The molecule has 0 atom stereocenters. The first-order valence-electron chi connectivity index (χ1n) is 3.80. The Kier molecular flexibility index (Phi) is 4.03. The topological polar surface area (TPSA) is 29.1 Å². The van der Waals surface area contributed by atoms with E-state index in [0.717, 1.165) is 12.1 Å². The van der Waals surface area contributed by atoms with Crippen LogP contribution in [0.2, 0.25) is 0 Å². The van der Waals surface area contributed by atoms with Gasteiger partial charge in [0.2, 0.25) is 0 Å². The van der Waals surface area contributed by atoms with Crippen molar-refractivity contribution in [2.75, 3.05) is 0 Å². The molecule has 0 saturated carbocycles. The van der Waals surface area contributed by atoms with Crippen molar-refractivity contribution in [1.82, 2.24) is 4.72 Å². The second-order valence-electron chi connectivity index (χ2n) is 2.59. The number of benzene rings is 1. The first-order valence-corrected chi connectivity index (χ1v) is 5.00. The zero-order valence-electron chi connectivity index (χ0n) is 7.44. The highest BCUT2D eigenvalue weighted by molar-refractivity contribution is 7.98. The summed E-state index contributed by atoms with van der Waals surface area (Å²) in [5, 5.41) is -0.998. The molecule has 1 aromatic rings. The number of amides is 1. The van der Waals surface area contributed by atoms with Crippen molar-refractivity contribution >= 4 is 28.9 Å². The molecule has 16 heavy (non-hydrogen) atoms. The van der Waals surface area contributed by atoms with Crippen LogP contribution in [0.15, 0.2) is 23.1 Å². The average Bonchev–Trinajstić information content (AvgIpc) is 2.14. The van der Waals surface area contributed by atoms with E-state index < -0.39 is 22.9 Å². The van der Waals surface area contributed by atoms with E-state index in [9.17, 15) is 22.4 Å². The molecule has 0 bridgehead atoms. The summed E-state index contributed by atoms with van der Waals surface area (Å²) < 4.78 is 52.0. The monoisotopic (exact) mass is 273 g/mol. The fourth-order valence-corrected chi connectivity index (χ4v) is 1.56. The maximum Gasteiger partial charge on any atom is 0.419 e. The molecule has 1 rings (SSSR count). The minimum atomic E-state index is -4.77. The maximum absolute atomic E-state index is 13.3. The normalized spacial score (nSPS) is 11.3. The summed E-state index contributed by atoms with van der Waals surface area (Å²) in [5.74, 6) is -1.44. The van der Waals surface area contributed by atoms with Crippen LogP contribution in [0.5, 0.6) is 0 Å². The van der Waals surface area contributed by atoms with E-state index in [-0.39, 0.29) is 4.90 Å². The molecule has 1 aromatic carbocycles. The lowest BCUT2D eigenvalue weighted by atomic mass is 10.2. The Morgan fingerprint density at radius 2 is 2.00 bits per heavy atom. The lowest BCUT2D eigenvalue weighted by Crippen LogP contribution is -2.10. The lowest BCUT2D eigenvalue weighted by molar-refractivity contribution is -0.140. The molecule has 88 valence electrons. The zero-order chi connectivity index (χ0) is 12.3. The molecule has 0 heterocycles. The van der Waals surface area contributed by atoms with Gasteiger partial charge in [0.25, 0.3) is 0 Å². The zero-order valence-corrected chi connectivity index (χ0v) is 9.01. The molecule has 0 aliphatic rings. The van der Waals surface area contributed by atoms with Gasteiger partial charge in [-0.3, -0.25) is 9.52 Å². The fourth-order valence-electron chi connectivity index (χ4n) is 0.904. The lowest BCUT2D eigenvalue weighted by Gasteiger charge is -2.10. The van der Waals surface area contributed by atoms with Crippen LogP contribution in [-0.4, -0.2) is 5.37 Å². The van der Waals surface area contributed by atoms with Crippen LogP contribution in [0.4, 0.5) is 22.4 Å². The maximum atomic E-state index is 13.3. The van der Waals surface area contributed by atoms with E-state index >= 15 is 0 Å². The Labute approximate surface area is 97.1 Å². The Morgan fingerprint density at radius 1 is 1.38 bits per heavy atom. The van der Waals surface area contributed by atoms with Gasteiger partial charge in [-0.05, 0) is 35.7 Å². The quantitative estimate of drug-likeness (QED) is 0.384. The molecule has 1 amide bonds. The minimum absolute atomic E-state index is 0.358. The SMILES string of the molecule is O=C(Cl)NSc1cccc(C(F)(F)F)c1F. The van der Waals surface area contributed by atoms with Crippen LogP contribution in [-0.2, 0) is 6.18 Å². The largest absolute Gasteiger partial charge is 0.419 e. The van der Waals surface area contributed by atoms with Crippen molar-refractivity contribution in [1.29, 1.82) is 0 Å². The smallest absolute Gasteiger partial charge is 0.282 e. The highest BCUT2D eigenvalue weighted by Crippen LogP contribution is 2.34. The van der Waals surface area contributed by atoms with Crippen molar-refractivity contribution in [3.8, 4) is 0 Å². The first-order chi connectivity index (χ1) is 7.32. The van der Waals surface area contributed by atoms with E-state index in [2.05, 4.69) is 0 Å². The molecule has 0 unspecified atom stereocenters. The Hall–Kier alpha value is -0.950. The second kappa shape index (κ2) is 4.92. The molecule has 0 saturated heterocycles. The third-order valence-electron chi connectivity index (χ3n) is 1.51. The molecular formula is C8H4ClF4NOS. The van der Waals surface area contributed by atoms with Crippen molar-refractivity contribution in [2.45, 2.75) is 11.1 Å². The van der Waals surface area contributed by atoms with Crippen molar-refractivity contribution in [3.63, 3.8) is 0 Å². The van der Waals surface area contributed by atoms with Crippen molar-refractivity contribution in [2.24, 2.45) is 0 Å². The van der Waals surface area contributed by atoms with Gasteiger partial charge in [-0.25, -0.2) is 4.39 Å². The standard InChI is InChI=1S/C8H4ClF4NOS/c9-7(15)14-16-5-3-1-2-4(6(5)10)8(11,12)13/h1-3H,(H,14,15). The van der Waals surface area contributed by atoms with Crippen LogP contribution in [0.1, 0.15) is 5.56 Å². The summed E-state index contributed by atoms with van der Waals surface area (Å²) >= 11 is 5.27. The van der Waals surface area contributed by atoms with Gasteiger partial charge in [-0.1, -0.05) is 6.07 Å². The Bertz CT molecular complexity index is 410. The number of carbonyl (C=O) groups excluding carboxylic acids is 1. The highest BCUT2D eigenvalue weighted by atomic mass is 35.5. The number of nitrogens with one attached hydrogen (secondary N) is 1. The van der Waals surface area contributed by atoms with E-state index in [1.165, 1.54) is 0 Å². The Morgan fingerprint density at radius 3 is 2.50 bits per heavy atom. The van der Waals surface area contributed by atoms with Crippen LogP contribution in [0, 0.1) is 5.82 Å². The predicted molar refractivity (Wildman–Crippen MR) is 51.6 cm³/mol. The fraction of sp³-hybridized carbons (Fsp3) is 0.125. The summed E-state index contributed by atoms with van der Waals surface area (Å²) in [7, 11) is 0. The van der Waals surface area contributed by atoms with E-state index in [1.54, 1.807) is 0 Å². The highest BCUT2D eigenvalue weighted by Gasteiger charge is 2.34. The number of carbonyl (C=O) groups is 1. The molecule has 0 spiro atoms. The van der Waals surface area contributed by atoms with Crippen LogP contribution in [0.3, 0.4) is 0 Å². The van der Waals surface area contributed by atoms with Gasteiger partial charge in [0, 0.05) is 0 Å². The third-order valence-corrected chi connectivity index (χ3v) is 2.54. The van der Waals surface area contributed by atoms with Crippen molar-refractivity contribution in [3.05, 3.63) is 29.6 Å². The molecule has 0 aliphatic carbocycles. The molecular weight excluding hydrogens is 270 g/mol. The van der Waals surface area contributed by atoms with Crippen LogP contribution >= 0.6 is 23.5 Å². The molecule has 0 fully saturated rings. The summed E-state index contributed by atoms with van der Waals surface area (Å²) in [6.45, 7) is 0. The summed E-state index contributed by atoms with van der Waals surface area (Å²) in [6, 6.07) is 2.75. The van der Waals surface area contributed by atoms with Crippen molar-refractivity contribution < 1.29 is 22.4 Å². The summed E-state index contributed by atoms with van der Waals surface area (Å²) in [5.41, 5.74) is -1.39. The summed E-state index contributed by atoms with van der Waals surface area (Å²) in [6.07, 6.45) is -4.77. The van der Waals surface area contributed by atoms with E-state index in [4.69, 9.17) is 11.6 Å². The molecule has 2 nitrogen and oxygen atoms in total.